The van der Waals surface area contributed by atoms with E-state index in [9.17, 15) is 10.1 Å². The minimum Gasteiger partial charge on any atom is -0.346 e. The van der Waals surface area contributed by atoms with E-state index in [4.69, 9.17) is 0 Å². The fourth-order valence-electron chi connectivity index (χ4n) is 4.45. The fraction of sp³-hybridized carbons (Fsp3) is 0.360. The number of aryl methyl sites for hydroxylation is 1. The van der Waals surface area contributed by atoms with Crippen LogP contribution >= 0.6 is 11.3 Å². The number of carbonyl (C=O) groups is 1. The van der Waals surface area contributed by atoms with Gasteiger partial charge in [0, 0.05) is 40.8 Å². The first-order chi connectivity index (χ1) is 15.6. The molecule has 0 bridgehead atoms. The number of amides is 1. The molecular weight excluding hydrogens is 418 g/mol. The van der Waals surface area contributed by atoms with Gasteiger partial charge in [0.25, 0.3) is 5.91 Å². The summed E-state index contributed by atoms with van der Waals surface area (Å²) in [6.07, 6.45) is 11.4. The van der Waals surface area contributed by atoms with Crippen molar-refractivity contribution in [2.24, 2.45) is 0 Å². The Bertz CT molecular complexity index is 1160. The molecule has 1 N–H and O–H groups in total. The van der Waals surface area contributed by atoms with E-state index in [0.29, 0.717) is 6.04 Å². The maximum atomic E-state index is 12.7. The molecule has 7 heteroatoms. The van der Waals surface area contributed by atoms with Crippen molar-refractivity contribution in [2.45, 2.75) is 58.5 Å². The van der Waals surface area contributed by atoms with Crippen LogP contribution in [0, 0.1) is 25.2 Å². The van der Waals surface area contributed by atoms with Crippen LogP contribution < -0.4 is 5.32 Å². The Balaban J connectivity index is 1.45. The summed E-state index contributed by atoms with van der Waals surface area (Å²) in [5.74, 6) is -0.379. The van der Waals surface area contributed by atoms with Crippen molar-refractivity contribution >= 4 is 23.3 Å². The number of thiazole rings is 1. The highest BCUT2D eigenvalue weighted by Gasteiger charge is 2.20. The standard InChI is InChI=1S/C25H27N5OS/c1-17-12-20(18(2)30(17)22-6-4-3-5-7-22)13-21(14-26)25(31)28-15-24-29-23(16-32-24)19-8-10-27-11-9-19/h8-13,16,22H,3-7,15H2,1-2H3,(H,28,31)/b21-13-. The number of hydrogen-bond acceptors (Lipinski definition) is 5. The van der Waals surface area contributed by atoms with Crippen LogP contribution in [0.2, 0.25) is 0 Å². The Hall–Kier alpha value is -3.24. The maximum Gasteiger partial charge on any atom is 0.262 e. The lowest BCUT2D eigenvalue weighted by Gasteiger charge is -2.26. The smallest absolute Gasteiger partial charge is 0.262 e. The van der Waals surface area contributed by atoms with E-state index in [1.165, 1.54) is 49.1 Å². The van der Waals surface area contributed by atoms with Crippen LogP contribution in [-0.4, -0.2) is 20.4 Å². The summed E-state index contributed by atoms with van der Waals surface area (Å²) in [5.41, 5.74) is 5.20. The second-order valence-electron chi connectivity index (χ2n) is 8.20. The van der Waals surface area contributed by atoms with Crippen LogP contribution in [0.4, 0.5) is 0 Å². The first kappa shape index (κ1) is 22.0. The maximum absolute atomic E-state index is 12.7. The molecule has 3 heterocycles. The highest BCUT2D eigenvalue weighted by molar-refractivity contribution is 7.09. The Morgan fingerprint density at radius 2 is 2.03 bits per heavy atom. The van der Waals surface area contributed by atoms with E-state index < -0.39 is 0 Å². The van der Waals surface area contributed by atoms with Gasteiger partial charge in [0.1, 0.15) is 16.6 Å². The monoisotopic (exact) mass is 445 g/mol. The Labute approximate surface area is 192 Å². The largest absolute Gasteiger partial charge is 0.346 e. The van der Waals surface area contributed by atoms with Crippen molar-refractivity contribution in [3.05, 3.63) is 63.5 Å². The molecule has 1 saturated carbocycles. The molecule has 32 heavy (non-hydrogen) atoms. The van der Waals surface area contributed by atoms with Gasteiger partial charge in [-0.3, -0.25) is 9.78 Å². The molecule has 1 fully saturated rings. The summed E-state index contributed by atoms with van der Waals surface area (Å²) < 4.78 is 2.38. The Kier molecular flexibility index (Phi) is 6.81. The molecule has 0 aromatic carbocycles. The summed E-state index contributed by atoms with van der Waals surface area (Å²) >= 11 is 1.48. The van der Waals surface area contributed by atoms with Crippen LogP contribution in [0.5, 0.6) is 0 Å². The number of nitrogens with one attached hydrogen (secondary N) is 1. The first-order valence-corrected chi connectivity index (χ1v) is 11.9. The van der Waals surface area contributed by atoms with Crippen LogP contribution in [0.15, 0.2) is 41.5 Å². The molecule has 3 aromatic heterocycles. The molecule has 0 radical (unpaired) electrons. The molecule has 0 atom stereocenters. The van der Waals surface area contributed by atoms with Gasteiger partial charge in [0.2, 0.25) is 0 Å². The molecule has 0 unspecified atom stereocenters. The number of rotatable bonds is 6. The molecular formula is C25H27N5OS. The summed E-state index contributed by atoms with van der Waals surface area (Å²) in [6.45, 7) is 4.47. The lowest BCUT2D eigenvalue weighted by molar-refractivity contribution is -0.117. The topological polar surface area (TPSA) is 83.6 Å². The van der Waals surface area contributed by atoms with Crippen LogP contribution in [0.3, 0.4) is 0 Å². The van der Waals surface area contributed by atoms with E-state index in [0.717, 1.165) is 27.5 Å². The van der Waals surface area contributed by atoms with Crippen molar-refractivity contribution < 1.29 is 4.79 Å². The van der Waals surface area contributed by atoms with Crippen molar-refractivity contribution in [3.63, 3.8) is 0 Å². The zero-order valence-corrected chi connectivity index (χ0v) is 19.3. The molecule has 1 aliphatic carbocycles. The van der Waals surface area contributed by atoms with Crippen molar-refractivity contribution in [1.82, 2.24) is 19.9 Å². The second kappa shape index (κ2) is 9.92. The number of nitrogens with zero attached hydrogens (tertiary/aromatic N) is 4. The quantitative estimate of drug-likeness (QED) is 0.409. The summed E-state index contributed by atoms with van der Waals surface area (Å²) in [7, 11) is 0. The van der Waals surface area contributed by atoms with E-state index >= 15 is 0 Å². The minimum absolute atomic E-state index is 0.111. The third-order valence-corrected chi connectivity index (χ3v) is 6.91. The fourth-order valence-corrected chi connectivity index (χ4v) is 5.20. The van der Waals surface area contributed by atoms with Crippen molar-refractivity contribution in [3.8, 4) is 17.3 Å². The number of nitriles is 1. The van der Waals surface area contributed by atoms with Crippen LogP contribution in [-0.2, 0) is 11.3 Å². The van der Waals surface area contributed by atoms with Gasteiger partial charge in [-0.05, 0) is 56.5 Å². The van der Waals surface area contributed by atoms with Crippen molar-refractivity contribution in [1.29, 1.82) is 5.26 Å². The molecule has 0 spiro atoms. The Morgan fingerprint density at radius 1 is 1.28 bits per heavy atom. The van der Waals surface area contributed by atoms with Gasteiger partial charge < -0.3 is 9.88 Å². The van der Waals surface area contributed by atoms with E-state index in [-0.39, 0.29) is 18.0 Å². The molecule has 1 aliphatic rings. The molecule has 3 aromatic rings. The summed E-state index contributed by atoms with van der Waals surface area (Å²) in [6, 6.07) is 8.47. The van der Waals surface area contributed by atoms with Crippen LogP contribution in [0.25, 0.3) is 17.3 Å². The van der Waals surface area contributed by atoms with Gasteiger partial charge in [0.15, 0.2) is 0 Å². The van der Waals surface area contributed by atoms with Gasteiger partial charge in [-0.15, -0.1) is 11.3 Å². The Morgan fingerprint density at radius 3 is 2.75 bits per heavy atom. The zero-order valence-electron chi connectivity index (χ0n) is 18.5. The van der Waals surface area contributed by atoms with Gasteiger partial charge >= 0.3 is 0 Å². The zero-order chi connectivity index (χ0) is 22.5. The molecule has 1 amide bonds. The third kappa shape index (κ3) is 4.81. The highest BCUT2D eigenvalue weighted by atomic mass is 32.1. The lowest BCUT2D eigenvalue weighted by Crippen LogP contribution is -2.23. The molecule has 164 valence electrons. The lowest BCUT2D eigenvalue weighted by atomic mass is 9.95. The normalized spacial score (nSPS) is 14.8. The molecule has 6 nitrogen and oxygen atoms in total. The predicted octanol–water partition coefficient (Wildman–Crippen LogP) is 5.35. The number of hydrogen-bond donors (Lipinski definition) is 1. The van der Waals surface area contributed by atoms with Crippen molar-refractivity contribution in [2.75, 3.05) is 0 Å². The minimum atomic E-state index is -0.379. The third-order valence-electron chi connectivity index (χ3n) is 6.06. The predicted molar refractivity (Wildman–Crippen MR) is 127 cm³/mol. The summed E-state index contributed by atoms with van der Waals surface area (Å²) in [5, 5.41) is 15.2. The number of aromatic nitrogens is 3. The van der Waals surface area contributed by atoms with E-state index in [1.54, 1.807) is 18.5 Å². The second-order valence-corrected chi connectivity index (χ2v) is 9.15. The average molecular weight is 446 g/mol. The molecule has 4 rings (SSSR count). The molecule has 0 saturated heterocycles. The average Bonchev–Trinajstić information content (AvgIpc) is 3.41. The SMILES string of the molecule is Cc1cc(/C=C(/C#N)C(=O)NCc2nc(-c3ccncc3)cs2)c(C)n1C1CCCCC1. The van der Waals surface area contributed by atoms with E-state index in [2.05, 4.69) is 45.8 Å². The highest BCUT2D eigenvalue weighted by Crippen LogP contribution is 2.32. The van der Waals surface area contributed by atoms with Crippen LogP contribution in [0.1, 0.15) is 60.1 Å². The first-order valence-electron chi connectivity index (χ1n) is 11.0. The van der Waals surface area contributed by atoms with E-state index in [1.807, 2.05) is 17.5 Å². The van der Waals surface area contributed by atoms with Gasteiger partial charge in [-0.2, -0.15) is 5.26 Å². The molecule has 0 aliphatic heterocycles. The van der Waals surface area contributed by atoms with Gasteiger partial charge in [-0.1, -0.05) is 19.3 Å². The summed E-state index contributed by atoms with van der Waals surface area (Å²) in [4.78, 5) is 21.3. The van der Waals surface area contributed by atoms with Gasteiger partial charge in [0.05, 0.1) is 12.2 Å². The number of carbonyl (C=O) groups excluding carboxylic acids is 1. The van der Waals surface area contributed by atoms with Gasteiger partial charge in [-0.25, -0.2) is 4.98 Å². The number of pyridine rings is 1.